The van der Waals surface area contributed by atoms with Gasteiger partial charge in [0.2, 0.25) is 5.91 Å². The average Bonchev–Trinajstić information content (AvgIpc) is 2.91. The van der Waals surface area contributed by atoms with Crippen LogP contribution in [-0.4, -0.2) is 50.3 Å². The molecule has 2 saturated heterocycles. The smallest absolute Gasteiger partial charge is 0.248 e. The number of likely N-dealkylation sites (tertiary alicyclic amines) is 1. The molecular formula is C18H24ClNO3. The van der Waals surface area contributed by atoms with Gasteiger partial charge in [-0.1, -0.05) is 23.7 Å². The van der Waals surface area contributed by atoms with Crippen molar-refractivity contribution in [3.63, 3.8) is 0 Å². The molecule has 23 heavy (non-hydrogen) atoms. The zero-order chi connectivity index (χ0) is 16.3. The number of hydrogen-bond donors (Lipinski definition) is 0. The third-order valence-electron chi connectivity index (χ3n) is 5.08. The van der Waals surface area contributed by atoms with Crippen molar-refractivity contribution in [2.24, 2.45) is 5.41 Å². The van der Waals surface area contributed by atoms with Crippen LogP contribution in [-0.2, 0) is 20.7 Å². The largest absolute Gasteiger partial charge is 0.377 e. The highest BCUT2D eigenvalue weighted by molar-refractivity contribution is 6.30. The molecule has 1 aromatic carbocycles. The molecule has 0 bridgehead atoms. The van der Waals surface area contributed by atoms with Crippen LogP contribution in [0.1, 0.15) is 24.8 Å². The summed E-state index contributed by atoms with van der Waals surface area (Å²) in [5.74, 6) is 0.0942. The molecule has 126 valence electrons. The maximum atomic E-state index is 11.9. The molecule has 2 aliphatic heterocycles. The van der Waals surface area contributed by atoms with Crippen LogP contribution in [0.25, 0.3) is 0 Å². The predicted molar refractivity (Wildman–Crippen MR) is 89.6 cm³/mol. The van der Waals surface area contributed by atoms with E-state index in [4.69, 9.17) is 21.1 Å². The van der Waals surface area contributed by atoms with Gasteiger partial charge in [0.15, 0.2) is 0 Å². The Labute approximate surface area is 142 Å². The van der Waals surface area contributed by atoms with Gasteiger partial charge >= 0.3 is 0 Å². The van der Waals surface area contributed by atoms with E-state index >= 15 is 0 Å². The summed E-state index contributed by atoms with van der Waals surface area (Å²) in [5, 5.41) is 0.778. The molecule has 2 fully saturated rings. The second kappa shape index (κ2) is 7.20. The monoisotopic (exact) mass is 337 g/mol. The van der Waals surface area contributed by atoms with Gasteiger partial charge < -0.3 is 14.4 Å². The van der Waals surface area contributed by atoms with Crippen molar-refractivity contribution in [1.29, 1.82) is 0 Å². The maximum Gasteiger partial charge on any atom is 0.248 e. The summed E-state index contributed by atoms with van der Waals surface area (Å²) in [4.78, 5) is 13.8. The van der Waals surface area contributed by atoms with Crippen LogP contribution in [0.2, 0.25) is 5.02 Å². The quantitative estimate of drug-likeness (QED) is 0.848. The SMILES string of the molecule is COCC(=O)N1CCC2(CC1)CO[C@@H](Cc1cccc(Cl)c1)C2. The van der Waals surface area contributed by atoms with Gasteiger partial charge in [0.1, 0.15) is 6.61 Å². The number of rotatable bonds is 4. The molecule has 1 spiro atoms. The zero-order valence-electron chi connectivity index (χ0n) is 13.6. The number of halogens is 1. The van der Waals surface area contributed by atoms with E-state index in [2.05, 4.69) is 6.07 Å². The van der Waals surface area contributed by atoms with E-state index in [1.54, 1.807) is 7.11 Å². The Bertz CT molecular complexity index is 555. The summed E-state index contributed by atoms with van der Waals surface area (Å²) in [5.41, 5.74) is 1.47. The lowest BCUT2D eigenvalue weighted by Crippen LogP contribution is -2.44. The Morgan fingerprint density at radius 2 is 2.22 bits per heavy atom. The summed E-state index contributed by atoms with van der Waals surface area (Å²) in [7, 11) is 1.56. The van der Waals surface area contributed by atoms with E-state index in [0.29, 0.717) is 0 Å². The van der Waals surface area contributed by atoms with Crippen molar-refractivity contribution in [2.75, 3.05) is 33.4 Å². The van der Waals surface area contributed by atoms with Crippen molar-refractivity contribution >= 4 is 17.5 Å². The molecule has 0 unspecified atom stereocenters. The van der Waals surface area contributed by atoms with Gasteiger partial charge in [-0.2, -0.15) is 0 Å². The van der Waals surface area contributed by atoms with Crippen LogP contribution in [0.3, 0.4) is 0 Å². The first-order chi connectivity index (χ1) is 11.1. The molecular weight excluding hydrogens is 314 g/mol. The Balaban J connectivity index is 1.53. The fraction of sp³-hybridized carbons (Fsp3) is 0.611. The molecule has 0 aromatic heterocycles. The molecule has 0 N–H and O–H groups in total. The van der Waals surface area contributed by atoms with Gasteiger partial charge in [0, 0.05) is 25.2 Å². The molecule has 0 saturated carbocycles. The minimum absolute atomic E-state index is 0.0942. The molecule has 0 radical (unpaired) electrons. The third kappa shape index (κ3) is 4.06. The summed E-state index contributed by atoms with van der Waals surface area (Å²) in [6.07, 6.45) is 4.29. The Kier molecular flexibility index (Phi) is 5.24. The lowest BCUT2D eigenvalue weighted by molar-refractivity contribution is -0.137. The van der Waals surface area contributed by atoms with E-state index in [1.165, 1.54) is 5.56 Å². The van der Waals surface area contributed by atoms with E-state index in [-0.39, 0.29) is 24.0 Å². The lowest BCUT2D eigenvalue weighted by Gasteiger charge is -2.38. The second-order valence-electron chi connectivity index (χ2n) is 6.78. The highest BCUT2D eigenvalue weighted by Gasteiger charge is 2.42. The molecule has 0 aliphatic carbocycles. The predicted octanol–water partition coefficient (Wildman–Crippen LogP) is 2.93. The van der Waals surface area contributed by atoms with Gasteiger partial charge in [-0.15, -0.1) is 0 Å². The number of benzene rings is 1. The van der Waals surface area contributed by atoms with Gasteiger partial charge in [-0.05, 0) is 48.8 Å². The van der Waals surface area contributed by atoms with Crippen molar-refractivity contribution < 1.29 is 14.3 Å². The molecule has 1 atom stereocenters. The van der Waals surface area contributed by atoms with Crippen molar-refractivity contribution in [3.8, 4) is 0 Å². The van der Waals surface area contributed by atoms with Crippen LogP contribution in [0, 0.1) is 5.41 Å². The number of ether oxygens (including phenoxy) is 2. The number of piperidine rings is 1. The van der Waals surface area contributed by atoms with E-state index < -0.39 is 0 Å². The Morgan fingerprint density at radius 1 is 1.43 bits per heavy atom. The van der Waals surface area contributed by atoms with Gasteiger partial charge in [-0.3, -0.25) is 4.79 Å². The van der Waals surface area contributed by atoms with Crippen molar-refractivity contribution in [1.82, 2.24) is 4.90 Å². The number of hydrogen-bond acceptors (Lipinski definition) is 3. The minimum Gasteiger partial charge on any atom is -0.377 e. The van der Waals surface area contributed by atoms with Crippen LogP contribution < -0.4 is 0 Å². The average molecular weight is 338 g/mol. The topological polar surface area (TPSA) is 38.8 Å². The zero-order valence-corrected chi connectivity index (χ0v) is 14.3. The standard InChI is InChI=1S/C18H24ClNO3/c1-22-12-17(21)20-7-5-18(6-8-20)11-16(23-13-18)10-14-3-2-4-15(19)9-14/h2-4,9,16H,5-8,10-13H2,1H3/t16-/m0/s1. The maximum absolute atomic E-state index is 11.9. The van der Waals surface area contributed by atoms with Crippen LogP contribution in [0.15, 0.2) is 24.3 Å². The number of carbonyl (C=O) groups excluding carboxylic acids is 1. The van der Waals surface area contributed by atoms with E-state index in [1.807, 2.05) is 23.1 Å². The van der Waals surface area contributed by atoms with E-state index in [9.17, 15) is 4.79 Å². The summed E-state index contributed by atoms with van der Waals surface area (Å²) < 4.78 is 11.0. The first kappa shape index (κ1) is 16.7. The third-order valence-corrected chi connectivity index (χ3v) is 5.32. The number of nitrogens with zero attached hydrogens (tertiary/aromatic N) is 1. The van der Waals surface area contributed by atoms with E-state index in [0.717, 1.165) is 50.4 Å². The Morgan fingerprint density at radius 3 is 2.91 bits per heavy atom. The highest BCUT2D eigenvalue weighted by atomic mass is 35.5. The summed E-state index contributed by atoms with van der Waals surface area (Å²) in [6, 6.07) is 8.01. The molecule has 4 nitrogen and oxygen atoms in total. The Hall–Kier alpha value is -1.10. The lowest BCUT2D eigenvalue weighted by atomic mass is 9.76. The van der Waals surface area contributed by atoms with Crippen LogP contribution in [0.5, 0.6) is 0 Å². The molecule has 3 rings (SSSR count). The van der Waals surface area contributed by atoms with Gasteiger partial charge in [-0.25, -0.2) is 0 Å². The van der Waals surface area contributed by atoms with Crippen molar-refractivity contribution in [2.45, 2.75) is 31.8 Å². The fourth-order valence-electron chi connectivity index (χ4n) is 3.75. The fourth-order valence-corrected chi connectivity index (χ4v) is 3.96. The summed E-state index contributed by atoms with van der Waals surface area (Å²) in [6.45, 7) is 2.62. The molecule has 2 aliphatic rings. The second-order valence-corrected chi connectivity index (χ2v) is 7.22. The minimum atomic E-state index is 0.0942. The molecule has 1 aromatic rings. The summed E-state index contributed by atoms with van der Waals surface area (Å²) >= 11 is 6.06. The van der Waals surface area contributed by atoms with Crippen LogP contribution in [0.4, 0.5) is 0 Å². The van der Waals surface area contributed by atoms with Gasteiger partial charge in [0.05, 0.1) is 12.7 Å². The van der Waals surface area contributed by atoms with Crippen molar-refractivity contribution in [3.05, 3.63) is 34.9 Å². The highest BCUT2D eigenvalue weighted by Crippen LogP contribution is 2.42. The molecule has 1 amide bonds. The normalized spacial score (nSPS) is 23.4. The van der Waals surface area contributed by atoms with Gasteiger partial charge in [0.25, 0.3) is 0 Å². The number of carbonyl (C=O) groups is 1. The first-order valence-electron chi connectivity index (χ1n) is 8.23. The molecule has 2 heterocycles. The number of methoxy groups -OCH3 is 1. The first-order valence-corrected chi connectivity index (χ1v) is 8.61. The molecule has 5 heteroatoms. The van der Waals surface area contributed by atoms with Crippen LogP contribution >= 0.6 is 11.6 Å². The number of amides is 1.